The molecular formula is C15H25N. The van der Waals surface area contributed by atoms with Crippen LogP contribution in [-0.2, 0) is 6.42 Å². The van der Waals surface area contributed by atoms with Crippen LogP contribution in [0, 0.1) is 6.92 Å². The van der Waals surface area contributed by atoms with E-state index in [0.717, 1.165) is 6.42 Å². The fourth-order valence-electron chi connectivity index (χ4n) is 1.40. The standard InChI is InChI=1S/C13H17N.C2H6.H2/c1-11-5-4-6-13(9-11)10-12(2)7-8-14-3;1-2;/h4-9H,10H2,1-3H3;1-2H3;1H/b12-7-,14-8?;;. The Morgan fingerprint density at radius 2 is 2.06 bits per heavy atom. The highest BCUT2D eigenvalue weighted by molar-refractivity contribution is 5.71. The van der Waals surface area contributed by atoms with E-state index in [1.807, 2.05) is 20.1 Å². The van der Waals surface area contributed by atoms with Crippen molar-refractivity contribution in [1.29, 1.82) is 0 Å². The molecule has 1 aromatic carbocycles. The summed E-state index contributed by atoms with van der Waals surface area (Å²) >= 11 is 0. The van der Waals surface area contributed by atoms with E-state index < -0.39 is 0 Å². The number of benzene rings is 1. The molecule has 0 spiro atoms. The van der Waals surface area contributed by atoms with E-state index in [0.29, 0.717) is 0 Å². The second-order valence-corrected chi connectivity index (χ2v) is 3.59. The summed E-state index contributed by atoms with van der Waals surface area (Å²) in [7, 11) is 1.79. The predicted octanol–water partition coefficient (Wildman–Crippen LogP) is 4.46. The number of rotatable bonds is 3. The molecule has 0 saturated carbocycles. The number of hydrogen-bond acceptors (Lipinski definition) is 1. The molecule has 0 N–H and O–H groups in total. The van der Waals surface area contributed by atoms with Gasteiger partial charge in [-0.05, 0) is 31.9 Å². The van der Waals surface area contributed by atoms with Crippen molar-refractivity contribution >= 4 is 6.21 Å². The summed E-state index contributed by atoms with van der Waals surface area (Å²) in [6.07, 6.45) is 4.90. The van der Waals surface area contributed by atoms with Gasteiger partial charge in [0, 0.05) is 14.7 Å². The second kappa shape index (κ2) is 8.90. The molecule has 1 nitrogen and oxygen atoms in total. The van der Waals surface area contributed by atoms with Crippen molar-refractivity contribution in [3.63, 3.8) is 0 Å². The first-order valence-corrected chi connectivity index (χ1v) is 5.86. The SMILES string of the molecule is CC.CN=C/C=C(/C)Cc1cccc(C)c1.[HH]. The maximum Gasteiger partial charge on any atom is 0.0277 e. The molecule has 0 bridgehead atoms. The van der Waals surface area contributed by atoms with Crippen LogP contribution in [0.5, 0.6) is 0 Å². The van der Waals surface area contributed by atoms with Gasteiger partial charge in [-0.1, -0.05) is 49.2 Å². The lowest BCUT2D eigenvalue weighted by atomic mass is 10.0. The molecular weight excluding hydrogens is 194 g/mol. The van der Waals surface area contributed by atoms with Crippen LogP contribution < -0.4 is 0 Å². The maximum atomic E-state index is 3.93. The van der Waals surface area contributed by atoms with Gasteiger partial charge in [0.05, 0.1) is 0 Å². The first-order chi connectivity index (χ1) is 7.72. The highest BCUT2D eigenvalue weighted by atomic mass is 14.6. The van der Waals surface area contributed by atoms with Crippen molar-refractivity contribution in [3.05, 3.63) is 47.0 Å². The quantitative estimate of drug-likeness (QED) is 0.666. The summed E-state index contributed by atoms with van der Waals surface area (Å²) in [4.78, 5) is 3.93. The maximum absolute atomic E-state index is 3.93. The lowest BCUT2D eigenvalue weighted by Crippen LogP contribution is -1.87. The molecule has 90 valence electrons. The second-order valence-electron chi connectivity index (χ2n) is 3.59. The van der Waals surface area contributed by atoms with Gasteiger partial charge >= 0.3 is 0 Å². The third-order valence-electron chi connectivity index (χ3n) is 2.07. The van der Waals surface area contributed by atoms with E-state index in [1.54, 1.807) is 7.05 Å². The van der Waals surface area contributed by atoms with Crippen LogP contribution in [0.2, 0.25) is 0 Å². The number of nitrogens with zero attached hydrogens (tertiary/aromatic N) is 1. The Kier molecular flexibility index (Phi) is 8.14. The van der Waals surface area contributed by atoms with Crippen molar-refractivity contribution in [1.82, 2.24) is 0 Å². The highest BCUT2D eigenvalue weighted by Gasteiger charge is 1.93. The summed E-state index contributed by atoms with van der Waals surface area (Å²) in [6, 6.07) is 8.61. The van der Waals surface area contributed by atoms with Crippen LogP contribution in [0.1, 0.15) is 33.3 Å². The van der Waals surface area contributed by atoms with E-state index >= 15 is 0 Å². The van der Waals surface area contributed by atoms with Gasteiger partial charge in [-0.15, -0.1) is 0 Å². The van der Waals surface area contributed by atoms with E-state index in [-0.39, 0.29) is 1.43 Å². The van der Waals surface area contributed by atoms with Crippen LogP contribution in [0.15, 0.2) is 40.9 Å². The Balaban J connectivity index is 0. The summed E-state index contributed by atoms with van der Waals surface area (Å²) in [6.45, 7) is 8.25. The molecule has 0 unspecified atom stereocenters. The number of hydrogen-bond donors (Lipinski definition) is 0. The molecule has 0 aromatic heterocycles. The van der Waals surface area contributed by atoms with E-state index in [4.69, 9.17) is 0 Å². The van der Waals surface area contributed by atoms with Gasteiger partial charge in [0.1, 0.15) is 0 Å². The molecule has 0 amide bonds. The minimum atomic E-state index is 0. The molecule has 0 aliphatic heterocycles. The lowest BCUT2D eigenvalue weighted by molar-refractivity contribution is 1.14. The molecule has 0 saturated heterocycles. The van der Waals surface area contributed by atoms with E-state index in [2.05, 4.69) is 49.2 Å². The van der Waals surface area contributed by atoms with Gasteiger partial charge in [0.25, 0.3) is 0 Å². The summed E-state index contributed by atoms with van der Waals surface area (Å²) in [5.74, 6) is 0. The van der Waals surface area contributed by atoms with Gasteiger partial charge < -0.3 is 0 Å². The molecule has 0 aliphatic rings. The number of allylic oxidation sites excluding steroid dienone is 2. The average Bonchev–Trinajstić information content (AvgIpc) is 2.29. The first kappa shape index (κ1) is 14.6. The molecule has 0 fully saturated rings. The van der Waals surface area contributed by atoms with E-state index in [1.165, 1.54) is 16.7 Å². The van der Waals surface area contributed by atoms with Crippen LogP contribution in [0.25, 0.3) is 0 Å². The molecule has 1 rings (SSSR count). The zero-order valence-corrected chi connectivity index (χ0v) is 11.1. The summed E-state index contributed by atoms with van der Waals surface area (Å²) in [5.41, 5.74) is 4.02. The van der Waals surface area contributed by atoms with Gasteiger partial charge in [0.2, 0.25) is 0 Å². The number of aryl methyl sites for hydroxylation is 1. The molecule has 1 aromatic rings. The molecule has 0 aliphatic carbocycles. The average molecular weight is 219 g/mol. The topological polar surface area (TPSA) is 12.4 Å². The van der Waals surface area contributed by atoms with Gasteiger partial charge in [-0.3, -0.25) is 4.99 Å². The van der Waals surface area contributed by atoms with Gasteiger partial charge in [-0.2, -0.15) is 0 Å². The van der Waals surface area contributed by atoms with Crippen molar-refractivity contribution in [2.45, 2.75) is 34.1 Å². The largest absolute Gasteiger partial charge is 0.297 e. The molecule has 0 radical (unpaired) electrons. The van der Waals surface area contributed by atoms with Crippen molar-refractivity contribution in [2.24, 2.45) is 4.99 Å². The van der Waals surface area contributed by atoms with Crippen molar-refractivity contribution in [2.75, 3.05) is 7.05 Å². The predicted molar refractivity (Wildman–Crippen MR) is 76.5 cm³/mol. The molecule has 0 heterocycles. The minimum Gasteiger partial charge on any atom is -0.297 e. The van der Waals surface area contributed by atoms with Crippen LogP contribution in [-0.4, -0.2) is 13.3 Å². The Bertz CT molecular complexity index is 354. The van der Waals surface area contributed by atoms with Crippen molar-refractivity contribution in [3.8, 4) is 0 Å². The zero-order valence-electron chi connectivity index (χ0n) is 11.1. The molecule has 0 atom stereocenters. The van der Waals surface area contributed by atoms with Crippen LogP contribution >= 0.6 is 0 Å². The van der Waals surface area contributed by atoms with Gasteiger partial charge in [0.15, 0.2) is 0 Å². The molecule has 16 heavy (non-hydrogen) atoms. The van der Waals surface area contributed by atoms with E-state index in [9.17, 15) is 0 Å². The Morgan fingerprint density at radius 3 is 2.62 bits per heavy atom. The third-order valence-corrected chi connectivity index (χ3v) is 2.07. The monoisotopic (exact) mass is 219 g/mol. The zero-order chi connectivity index (χ0) is 12.4. The fourth-order valence-corrected chi connectivity index (χ4v) is 1.40. The Labute approximate surface area is 101 Å². The first-order valence-electron chi connectivity index (χ1n) is 5.86. The molecule has 1 heteroatoms. The summed E-state index contributed by atoms with van der Waals surface area (Å²) < 4.78 is 0. The lowest BCUT2D eigenvalue weighted by Gasteiger charge is -2.01. The van der Waals surface area contributed by atoms with Gasteiger partial charge in [-0.25, -0.2) is 0 Å². The third kappa shape index (κ3) is 6.18. The van der Waals surface area contributed by atoms with Crippen molar-refractivity contribution < 1.29 is 1.43 Å². The normalized spacial score (nSPS) is 11.2. The number of aliphatic imine (C=N–C) groups is 1. The Morgan fingerprint density at radius 1 is 1.38 bits per heavy atom. The fraction of sp³-hybridized carbons (Fsp3) is 0.400. The van der Waals surface area contributed by atoms with Crippen LogP contribution in [0.3, 0.4) is 0 Å². The van der Waals surface area contributed by atoms with Crippen LogP contribution in [0.4, 0.5) is 0 Å². The Hall–Kier alpha value is -1.37. The minimum absolute atomic E-state index is 0. The highest BCUT2D eigenvalue weighted by Crippen LogP contribution is 2.09. The summed E-state index contributed by atoms with van der Waals surface area (Å²) in [5, 5.41) is 0. The smallest absolute Gasteiger partial charge is 0.0277 e.